The van der Waals surface area contributed by atoms with Crippen molar-refractivity contribution < 1.29 is 9.53 Å². The van der Waals surface area contributed by atoms with Crippen molar-refractivity contribution in [3.63, 3.8) is 0 Å². The lowest BCUT2D eigenvalue weighted by Crippen LogP contribution is -2.34. The molecule has 0 radical (unpaired) electrons. The zero-order valence-corrected chi connectivity index (χ0v) is 15.8. The number of rotatable bonds is 2. The van der Waals surface area contributed by atoms with Gasteiger partial charge in [0.15, 0.2) is 5.69 Å². The van der Waals surface area contributed by atoms with Gasteiger partial charge in [0.2, 0.25) is 5.88 Å². The molecule has 0 bridgehead atoms. The maximum Gasteiger partial charge on any atom is 0.274 e. The van der Waals surface area contributed by atoms with E-state index in [-0.39, 0.29) is 5.91 Å². The van der Waals surface area contributed by atoms with Crippen molar-refractivity contribution in [3.05, 3.63) is 29.3 Å². The summed E-state index contributed by atoms with van der Waals surface area (Å²) in [6, 6.07) is 1.79. The molecule has 27 heavy (non-hydrogen) atoms. The minimum absolute atomic E-state index is 0.0236. The van der Waals surface area contributed by atoms with Crippen molar-refractivity contribution in [3.8, 4) is 5.88 Å². The Labute approximate surface area is 158 Å². The molecule has 2 fully saturated rings. The Morgan fingerprint density at radius 1 is 1.15 bits per heavy atom. The minimum atomic E-state index is 0.0236. The quantitative estimate of drug-likeness (QED) is 0.795. The molecule has 3 aliphatic rings. The van der Waals surface area contributed by atoms with Crippen LogP contribution in [-0.2, 0) is 6.54 Å². The van der Waals surface area contributed by atoms with Gasteiger partial charge in [-0.1, -0.05) is 0 Å². The van der Waals surface area contributed by atoms with Gasteiger partial charge in [0, 0.05) is 68.3 Å². The van der Waals surface area contributed by atoms with Crippen LogP contribution in [-0.4, -0.2) is 63.3 Å². The summed E-state index contributed by atoms with van der Waals surface area (Å²) in [5, 5.41) is 4.45. The summed E-state index contributed by atoms with van der Waals surface area (Å²) in [6.07, 6.45) is 2.58. The number of aromatic nitrogens is 4. The zero-order valence-electron chi connectivity index (χ0n) is 15.8. The van der Waals surface area contributed by atoms with Crippen LogP contribution in [0.2, 0.25) is 0 Å². The van der Waals surface area contributed by atoms with E-state index in [9.17, 15) is 4.79 Å². The first-order chi connectivity index (χ1) is 13.1. The Morgan fingerprint density at radius 3 is 2.67 bits per heavy atom. The molecule has 0 N–H and O–H groups in total. The van der Waals surface area contributed by atoms with Crippen LogP contribution >= 0.6 is 0 Å². The number of nitrogens with zero attached hydrogens (tertiary/aromatic N) is 6. The normalized spacial score (nSPS) is 23.9. The van der Waals surface area contributed by atoms with Crippen molar-refractivity contribution in [2.75, 3.05) is 37.7 Å². The fraction of sp³-hybridized carbons (Fsp3) is 0.579. The maximum atomic E-state index is 12.9. The molecule has 0 aliphatic carbocycles. The number of amides is 1. The molecule has 3 aliphatic heterocycles. The lowest BCUT2D eigenvalue weighted by Gasteiger charge is -2.23. The first-order valence-electron chi connectivity index (χ1n) is 9.63. The van der Waals surface area contributed by atoms with E-state index in [0.717, 1.165) is 56.2 Å². The average Bonchev–Trinajstić information content (AvgIpc) is 3.35. The number of aryl methyl sites for hydroxylation is 2. The van der Waals surface area contributed by atoms with Crippen LogP contribution < -0.4 is 9.64 Å². The molecule has 0 spiro atoms. The number of fused-ring (bicyclic) bond motifs is 2. The second-order valence-electron chi connectivity index (χ2n) is 7.84. The molecular formula is C19H24N6O2. The van der Waals surface area contributed by atoms with Crippen molar-refractivity contribution in [2.45, 2.75) is 26.8 Å². The van der Waals surface area contributed by atoms with E-state index in [1.807, 2.05) is 11.8 Å². The molecule has 1 amide bonds. The van der Waals surface area contributed by atoms with Crippen LogP contribution in [0, 0.1) is 25.7 Å². The molecule has 8 heteroatoms. The molecule has 0 aromatic carbocycles. The van der Waals surface area contributed by atoms with Gasteiger partial charge in [-0.3, -0.25) is 4.79 Å². The summed E-state index contributed by atoms with van der Waals surface area (Å²) in [5.74, 6) is 2.74. The van der Waals surface area contributed by atoms with E-state index in [0.29, 0.717) is 30.0 Å². The first-order valence-corrected chi connectivity index (χ1v) is 9.63. The smallest absolute Gasteiger partial charge is 0.274 e. The number of anilines is 1. The highest BCUT2D eigenvalue weighted by molar-refractivity contribution is 5.93. The van der Waals surface area contributed by atoms with E-state index >= 15 is 0 Å². The van der Waals surface area contributed by atoms with Gasteiger partial charge >= 0.3 is 0 Å². The van der Waals surface area contributed by atoms with Gasteiger partial charge in [-0.25, -0.2) is 14.6 Å². The Balaban J connectivity index is 1.27. The fourth-order valence-electron chi connectivity index (χ4n) is 4.51. The van der Waals surface area contributed by atoms with Gasteiger partial charge in [0.05, 0.1) is 6.61 Å². The number of carbonyl (C=O) groups is 1. The maximum absolute atomic E-state index is 12.9. The van der Waals surface area contributed by atoms with Crippen molar-refractivity contribution >= 4 is 11.7 Å². The highest BCUT2D eigenvalue weighted by atomic mass is 16.5. The van der Waals surface area contributed by atoms with Gasteiger partial charge in [-0.15, -0.1) is 0 Å². The van der Waals surface area contributed by atoms with E-state index < -0.39 is 0 Å². The molecule has 8 nitrogen and oxygen atoms in total. The molecule has 2 atom stereocenters. The summed E-state index contributed by atoms with van der Waals surface area (Å²) in [6.45, 7) is 9.07. The van der Waals surface area contributed by atoms with Gasteiger partial charge in [-0.2, -0.15) is 5.10 Å². The largest absolute Gasteiger partial charge is 0.478 e. The second kappa shape index (κ2) is 6.21. The average molecular weight is 368 g/mol. The van der Waals surface area contributed by atoms with Gasteiger partial charge in [-0.05, 0) is 13.8 Å². The highest BCUT2D eigenvalue weighted by Crippen LogP contribution is 2.35. The Kier molecular flexibility index (Phi) is 3.80. The third-order valence-electron chi connectivity index (χ3n) is 6.11. The van der Waals surface area contributed by atoms with E-state index in [1.54, 1.807) is 17.1 Å². The van der Waals surface area contributed by atoms with Crippen LogP contribution in [0.5, 0.6) is 5.88 Å². The molecule has 5 rings (SSSR count). The number of ether oxygens (including phenoxy) is 1. The lowest BCUT2D eigenvalue weighted by molar-refractivity contribution is 0.0775. The summed E-state index contributed by atoms with van der Waals surface area (Å²) < 4.78 is 7.39. The molecule has 0 saturated carbocycles. The standard InChI is InChI=1S/C19H24N6O2/c1-12-13(2)20-11-21-18(12)23-7-14-9-24(10-15(14)8-23)19(26)16-6-17-25(22-16)4-3-5-27-17/h6,11,14-15H,3-5,7-10H2,1-2H3. The van der Waals surface area contributed by atoms with Crippen LogP contribution in [0.15, 0.2) is 12.4 Å². The summed E-state index contributed by atoms with van der Waals surface area (Å²) >= 11 is 0. The van der Waals surface area contributed by atoms with Gasteiger partial charge < -0.3 is 14.5 Å². The molecule has 142 valence electrons. The van der Waals surface area contributed by atoms with Crippen molar-refractivity contribution in [1.82, 2.24) is 24.6 Å². The predicted octanol–water partition coefficient (Wildman–Crippen LogP) is 1.28. The Hall–Kier alpha value is -2.64. The monoisotopic (exact) mass is 368 g/mol. The predicted molar refractivity (Wildman–Crippen MR) is 98.9 cm³/mol. The fourth-order valence-corrected chi connectivity index (χ4v) is 4.51. The SMILES string of the molecule is Cc1ncnc(N2CC3CN(C(=O)c4cc5n(n4)CCCO5)CC3C2)c1C. The van der Waals surface area contributed by atoms with Crippen molar-refractivity contribution in [2.24, 2.45) is 11.8 Å². The van der Waals surface area contributed by atoms with Crippen molar-refractivity contribution in [1.29, 1.82) is 0 Å². The summed E-state index contributed by atoms with van der Waals surface area (Å²) in [7, 11) is 0. The van der Waals surface area contributed by atoms with E-state index in [2.05, 4.69) is 26.9 Å². The minimum Gasteiger partial charge on any atom is -0.478 e. The van der Waals surface area contributed by atoms with E-state index in [1.165, 1.54) is 0 Å². The number of likely N-dealkylation sites (tertiary alicyclic amines) is 1. The van der Waals surface area contributed by atoms with Crippen LogP contribution in [0.4, 0.5) is 5.82 Å². The third-order valence-corrected chi connectivity index (χ3v) is 6.11. The molecular weight excluding hydrogens is 344 g/mol. The Morgan fingerprint density at radius 2 is 1.93 bits per heavy atom. The van der Waals surface area contributed by atoms with Gasteiger partial charge in [0.25, 0.3) is 5.91 Å². The topological polar surface area (TPSA) is 76.4 Å². The Bertz CT molecular complexity index is 857. The van der Waals surface area contributed by atoms with Crippen LogP contribution in [0.25, 0.3) is 0 Å². The molecule has 2 aromatic rings. The molecule has 2 saturated heterocycles. The summed E-state index contributed by atoms with van der Waals surface area (Å²) in [4.78, 5) is 26.0. The number of carbonyl (C=O) groups excluding carboxylic acids is 1. The number of hydrogen-bond donors (Lipinski definition) is 0. The second-order valence-corrected chi connectivity index (χ2v) is 7.84. The molecule has 2 aromatic heterocycles. The first kappa shape index (κ1) is 16.5. The highest BCUT2D eigenvalue weighted by Gasteiger charge is 2.43. The lowest BCUT2D eigenvalue weighted by atomic mass is 10.0. The third kappa shape index (κ3) is 2.74. The number of hydrogen-bond acceptors (Lipinski definition) is 6. The zero-order chi connectivity index (χ0) is 18.5. The molecule has 2 unspecified atom stereocenters. The summed E-state index contributed by atoms with van der Waals surface area (Å²) in [5.41, 5.74) is 2.68. The molecule has 5 heterocycles. The van der Waals surface area contributed by atoms with Gasteiger partial charge in [0.1, 0.15) is 12.1 Å². The van der Waals surface area contributed by atoms with Crippen LogP contribution in [0.3, 0.4) is 0 Å². The van der Waals surface area contributed by atoms with Crippen LogP contribution in [0.1, 0.15) is 28.2 Å². The van der Waals surface area contributed by atoms with E-state index in [4.69, 9.17) is 4.74 Å².